The lowest BCUT2D eigenvalue weighted by Gasteiger charge is -2.19. The molecule has 25 heavy (non-hydrogen) atoms. The van der Waals surface area contributed by atoms with Gasteiger partial charge < -0.3 is 4.57 Å². The number of rotatable bonds is 0. The third-order valence-electron chi connectivity index (χ3n) is 5.37. The van der Waals surface area contributed by atoms with Crippen LogP contribution in [0.1, 0.15) is 26.3 Å². The monoisotopic (exact) mass is 343 g/mol. The molecule has 0 unspecified atom stereocenters. The first-order valence-corrected chi connectivity index (χ1v) is 9.60. The summed E-state index contributed by atoms with van der Waals surface area (Å²) in [4.78, 5) is 0. The second-order valence-corrected chi connectivity index (χ2v) is 9.06. The summed E-state index contributed by atoms with van der Waals surface area (Å²) in [5, 5.41) is 5.47. The van der Waals surface area contributed by atoms with Crippen molar-refractivity contribution in [2.24, 2.45) is 7.05 Å². The van der Waals surface area contributed by atoms with Crippen LogP contribution in [0.5, 0.6) is 0 Å². The van der Waals surface area contributed by atoms with Gasteiger partial charge in [0.25, 0.3) is 0 Å². The number of fused-ring (bicyclic) bond motifs is 7. The van der Waals surface area contributed by atoms with Gasteiger partial charge in [-0.25, -0.2) is 0 Å². The predicted octanol–water partition coefficient (Wildman–Crippen LogP) is 7.00. The molecule has 0 aliphatic carbocycles. The molecule has 0 fully saturated rings. The first-order chi connectivity index (χ1) is 11.9. The Hall–Kier alpha value is -2.32. The largest absolute Gasteiger partial charge is 0.343 e. The van der Waals surface area contributed by atoms with Crippen LogP contribution in [-0.4, -0.2) is 4.57 Å². The first kappa shape index (κ1) is 15.0. The van der Waals surface area contributed by atoms with Gasteiger partial charge in [0.05, 0.1) is 5.52 Å². The summed E-state index contributed by atoms with van der Waals surface area (Å²) < 4.78 is 5.13. The van der Waals surface area contributed by atoms with Gasteiger partial charge in [-0.15, -0.1) is 11.3 Å². The number of thiophene rings is 1. The Labute approximate surface area is 151 Å². The molecule has 0 radical (unpaired) electrons. The molecule has 0 N–H and O–H groups in total. The zero-order chi connectivity index (χ0) is 17.3. The molecule has 5 aromatic rings. The Kier molecular flexibility index (Phi) is 2.91. The topological polar surface area (TPSA) is 4.93 Å². The molecule has 5 rings (SSSR count). The lowest BCUT2D eigenvalue weighted by Crippen LogP contribution is -2.10. The third-order valence-corrected chi connectivity index (χ3v) is 6.50. The van der Waals surface area contributed by atoms with Gasteiger partial charge in [-0.2, -0.15) is 0 Å². The van der Waals surface area contributed by atoms with E-state index in [4.69, 9.17) is 0 Å². The van der Waals surface area contributed by atoms with Crippen LogP contribution in [-0.2, 0) is 12.5 Å². The summed E-state index contributed by atoms with van der Waals surface area (Å²) >= 11 is 1.89. The quantitative estimate of drug-likeness (QED) is 0.285. The molecule has 0 amide bonds. The van der Waals surface area contributed by atoms with E-state index in [1.54, 1.807) is 0 Å². The minimum absolute atomic E-state index is 0.162. The number of hydrogen-bond donors (Lipinski definition) is 0. The van der Waals surface area contributed by atoms with E-state index in [2.05, 4.69) is 87.0 Å². The maximum Gasteiger partial charge on any atom is 0.0583 e. The minimum atomic E-state index is 0.162. The maximum absolute atomic E-state index is 2.39. The fourth-order valence-corrected chi connectivity index (χ4v) is 5.10. The second-order valence-electron chi connectivity index (χ2n) is 7.97. The molecule has 0 aliphatic rings. The van der Waals surface area contributed by atoms with Crippen LogP contribution in [0.2, 0.25) is 0 Å². The Bertz CT molecular complexity index is 1280. The Balaban J connectivity index is 2.01. The highest BCUT2D eigenvalue weighted by Gasteiger charge is 2.18. The van der Waals surface area contributed by atoms with Gasteiger partial charge in [0.15, 0.2) is 0 Å². The van der Waals surface area contributed by atoms with Crippen molar-refractivity contribution >= 4 is 53.3 Å². The van der Waals surface area contributed by atoms with E-state index < -0.39 is 0 Å². The lowest BCUT2D eigenvalue weighted by atomic mass is 9.86. The standard InChI is InChI=1S/C23H21NS/c1-23(2,3)14-9-10-15-16-11-12-20-21(22(16)24(4)18(15)13-14)17-7-5-6-8-19(17)25-20/h5-13H,1-4H3. The van der Waals surface area contributed by atoms with E-state index in [0.717, 1.165) is 0 Å². The van der Waals surface area contributed by atoms with E-state index in [0.29, 0.717) is 0 Å². The Morgan fingerprint density at radius 1 is 0.800 bits per heavy atom. The van der Waals surface area contributed by atoms with E-state index in [9.17, 15) is 0 Å². The molecule has 2 heteroatoms. The van der Waals surface area contributed by atoms with E-state index in [1.165, 1.54) is 47.5 Å². The van der Waals surface area contributed by atoms with Crippen LogP contribution in [0.25, 0.3) is 42.0 Å². The summed E-state index contributed by atoms with van der Waals surface area (Å²) in [6.45, 7) is 6.84. The van der Waals surface area contributed by atoms with Crippen LogP contribution in [0, 0.1) is 0 Å². The van der Waals surface area contributed by atoms with Crippen molar-refractivity contribution in [1.82, 2.24) is 4.57 Å². The van der Waals surface area contributed by atoms with Crippen LogP contribution in [0.4, 0.5) is 0 Å². The van der Waals surface area contributed by atoms with E-state index >= 15 is 0 Å². The summed E-state index contributed by atoms with van der Waals surface area (Å²) in [5.74, 6) is 0. The van der Waals surface area contributed by atoms with Crippen molar-refractivity contribution in [3.8, 4) is 0 Å². The van der Waals surface area contributed by atoms with Crippen molar-refractivity contribution in [3.63, 3.8) is 0 Å². The molecule has 0 saturated heterocycles. The molecule has 0 atom stereocenters. The molecule has 0 spiro atoms. The minimum Gasteiger partial charge on any atom is -0.343 e. The van der Waals surface area contributed by atoms with Crippen LogP contribution in [0.15, 0.2) is 54.6 Å². The van der Waals surface area contributed by atoms with Crippen molar-refractivity contribution in [2.45, 2.75) is 26.2 Å². The molecule has 1 nitrogen and oxygen atoms in total. The zero-order valence-corrected chi connectivity index (χ0v) is 15.9. The normalized spacial score (nSPS) is 12.8. The fraction of sp³-hybridized carbons (Fsp3) is 0.217. The maximum atomic E-state index is 2.39. The van der Waals surface area contributed by atoms with Crippen LogP contribution in [0.3, 0.4) is 0 Å². The van der Waals surface area contributed by atoms with Gasteiger partial charge >= 0.3 is 0 Å². The van der Waals surface area contributed by atoms with E-state index in [1.807, 2.05) is 11.3 Å². The fourth-order valence-electron chi connectivity index (χ4n) is 3.99. The van der Waals surface area contributed by atoms with E-state index in [-0.39, 0.29) is 5.41 Å². The highest BCUT2D eigenvalue weighted by atomic mass is 32.1. The third kappa shape index (κ3) is 2.01. The van der Waals surface area contributed by atoms with Crippen molar-refractivity contribution in [1.29, 1.82) is 0 Å². The van der Waals surface area contributed by atoms with Gasteiger partial charge in [0.1, 0.15) is 0 Å². The van der Waals surface area contributed by atoms with Gasteiger partial charge in [-0.3, -0.25) is 0 Å². The molecule has 2 aromatic heterocycles. The summed E-state index contributed by atoms with van der Waals surface area (Å²) in [5.41, 5.74) is 4.23. The van der Waals surface area contributed by atoms with Gasteiger partial charge in [0, 0.05) is 43.5 Å². The molecular weight excluding hydrogens is 322 g/mol. The van der Waals surface area contributed by atoms with Crippen molar-refractivity contribution in [2.75, 3.05) is 0 Å². The average Bonchev–Trinajstić information content (AvgIpc) is 3.10. The lowest BCUT2D eigenvalue weighted by molar-refractivity contribution is 0.591. The smallest absolute Gasteiger partial charge is 0.0583 e. The molecule has 0 aliphatic heterocycles. The van der Waals surface area contributed by atoms with Crippen LogP contribution >= 0.6 is 11.3 Å². The number of nitrogens with zero attached hydrogens (tertiary/aromatic N) is 1. The number of benzene rings is 3. The van der Waals surface area contributed by atoms with Crippen LogP contribution < -0.4 is 0 Å². The van der Waals surface area contributed by atoms with Gasteiger partial charge in [-0.05, 0) is 29.2 Å². The highest BCUT2D eigenvalue weighted by Crippen LogP contribution is 2.41. The number of aromatic nitrogens is 1. The molecular formula is C23H21NS. The van der Waals surface area contributed by atoms with Crippen molar-refractivity contribution in [3.05, 3.63) is 60.2 Å². The highest BCUT2D eigenvalue weighted by molar-refractivity contribution is 7.26. The predicted molar refractivity (Wildman–Crippen MR) is 112 cm³/mol. The molecule has 0 bridgehead atoms. The summed E-state index contributed by atoms with van der Waals surface area (Å²) in [6.07, 6.45) is 0. The molecule has 0 saturated carbocycles. The van der Waals surface area contributed by atoms with Crippen molar-refractivity contribution < 1.29 is 0 Å². The first-order valence-electron chi connectivity index (χ1n) is 8.78. The summed E-state index contributed by atoms with van der Waals surface area (Å²) in [7, 11) is 2.21. The van der Waals surface area contributed by atoms with Gasteiger partial charge in [0.2, 0.25) is 0 Å². The Morgan fingerprint density at radius 3 is 2.36 bits per heavy atom. The summed E-state index contributed by atoms with van der Waals surface area (Å²) in [6, 6.07) is 20.3. The molecule has 3 aromatic carbocycles. The molecule has 124 valence electrons. The number of hydrogen-bond acceptors (Lipinski definition) is 1. The number of aryl methyl sites for hydroxylation is 1. The zero-order valence-electron chi connectivity index (χ0n) is 15.1. The second kappa shape index (κ2) is 4.86. The average molecular weight is 343 g/mol. The SMILES string of the molecule is Cn1c2cc(C(C)(C)C)ccc2c2ccc3sc4ccccc4c3c21. The van der Waals surface area contributed by atoms with Gasteiger partial charge in [-0.1, -0.05) is 57.2 Å². The Morgan fingerprint density at radius 2 is 1.56 bits per heavy atom. The molecule has 2 heterocycles.